The van der Waals surface area contributed by atoms with Crippen LogP contribution in [0.4, 0.5) is 5.69 Å². The van der Waals surface area contributed by atoms with E-state index in [9.17, 15) is 9.59 Å². The number of carbonyl (C=O) groups is 2. The van der Waals surface area contributed by atoms with Gasteiger partial charge in [-0.2, -0.15) is 0 Å². The minimum absolute atomic E-state index is 0.0624. The fourth-order valence-electron chi connectivity index (χ4n) is 3.14. The number of carbonyl (C=O) groups excluding carboxylic acids is 2. The Balaban J connectivity index is 1.92. The van der Waals surface area contributed by atoms with Crippen molar-refractivity contribution < 1.29 is 19.1 Å². The van der Waals surface area contributed by atoms with Gasteiger partial charge >= 0.3 is 0 Å². The maximum absolute atomic E-state index is 12.9. The highest BCUT2D eigenvalue weighted by atomic mass is 16.5. The summed E-state index contributed by atoms with van der Waals surface area (Å²) < 4.78 is 11.4. The average molecular weight is 376 g/mol. The fourth-order valence-corrected chi connectivity index (χ4v) is 3.14. The largest absolute Gasteiger partial charge is 0.376 e. The lowest BCUT2D eigenvalue weighted by molar-refractivity contribution is -0.150. The van der Waals surface area contributed by atoms with Crippen LogP contribution in [0, 0.1) is 0 Å². The van der Waals surface area contributed by atoms with Crippen molar-refractivity contribution >= 4 is 17.5 Å². The number of rotatable bonds is 9. The number of nitrogens with zero attached hydrogens (tertiary/aromatic N) is 1. The van der Waals surface area contributed by atoms with Gasteiger partial charge in [0.05, 0.1) is 12.7 Å². The van der Waals surface area contributed by atoms with Crippen molar-refractivity contribution in [1.82, 2.24) is 4.90 Å². The monoisotopic (exact) mass is 376 g/mol. The molecule has 1 aromatic rings. The van der Waals surface area contributed by atoms with Gasteiger partial charge in [-0.05, 0) is 51.7 Å². The molecule has 0 saturated carbocycles. The molecule has 6 heteroatoms. The van der Waals surface area contributed by atoms with Gasteiger partial charge in [0.25, 0.3) is 5.91 Å². The summed E-state index contributed by atoms with van der Waals surface area (Å²) in [5, 5.41) is 2.86. The highest BCUT2D eigenvalue weighted by Gasteiger charge is 2.29. The van der Waals surface area contributed by atoms with Crippen LogP contribution in [0.3, 0.4) is 0 Å². The molecule has 1 saturated heterocycles. The molecular weight excluding hydrogens is 344 g/mol. The van der Waals surface area contributed by atoms with Crippen LogP contribution in [0.15, 0.2) is 30.3 Å². The minimum atomic E-state index is -0.603. The van der Waals surface area contributed by atoms with Gasteiger partial charge in [0.2, 0.25) is 5.91 Å². The smallest absolute Gasteiger partial charge is 0.252 e. The summed E-state index contributed by atoms with van der Waals surface area (Å²) in [6.45, 7) is 7.17. The molecular formula is C21H32N2O4. The quantitative estimate of drug-likeness (QED) is 0.718. The number of nitrogens with one attached hydrogen (secondary N) is 1. The second kappa shape index (κ2) is 11.0. The Morgan fingerprint density at radius 2 is 2.00 bits per heavy atom. The Labute approximate surface area is 162 Å². The van der Waals surface area contributed by atoms with Gasteiger partial charge < -0.3 is 19.7 Å². The second-order valence-corrected chi connectivity index (χ2v) is 7.03. The summed E-state index contributed by atoms with van der Waals surface area (Å²) >= 11 is 0. The van der Waals surface area contributed by atoms with Crippen LogP contribution in [0.5, 0.6) is 0 Å². The molecule has 0 radical (unpaired) electrons. The van der Waals surface area contributed by atoms with Crippen molar-refractivity contribution in [1.29, 1.82) is 0 Å². The standard InChI is InChI=1S/C21H32N2O4/c1-4-13-23(16(2)20(24)22-18-10-6-5-7-11-18)21(25)17(3)27-15-19-12-8-9-14-26-19/h5-7,10-11,16-17,19H,4,8-9,12-15H2,1-3H3,(H,22,24). The van der Waals surface area contributed by atoms with Crippen LogP contribution < -0.4 is 5.32 Å². The predicted molar refractivity (Wildman–Crippen MR) is 106 cm³/mol. The molecule has 1 aliphatic heterocycles. The van der Waals surface area contributed by atoms with Crippen molar-refractivity contribution in [2.45, 2.75) is 64.7 Å². The zero-order chi connectivity index (χ0) is 19.6. The van der Waals surface area contributed by atoms with Gasteiger partial charge in [-0.25, -0.2) is 0 Å². The summed E-state index contributed by atoms with van der Waals surface area (Å²) in [7, 11) is 0. The third-order valence-corrected chi connectivity index (χ3v) is 4.79. The lowest BCUT2D eigenvalue weighted by atomic mass is 10.1. The maximum Gasteiger partial charge on any atom is 0.252 e. The normalized spacial score (nSPS) is 19.1. The van der Waals surface area contributed by atoms with E-state index in [1.54, 1.807) is 18.7 Å². The maximum atomic E-state index is 12.9. The molecule has 150 valence electrons. The van der Waals surface area contributed by atoms with E-state index in [1.165, 1.54) is 0 Å². The number of amides is 2. The Bertz CT molecular complexity index is 587. The number of benzene rings is 1. The SMILES string of the molecule is CCCN(C(=O)C(C)OCC1CCCCO1)C(C)C(=O)Nc1ccccc1. The molecule has 1 N–H and O–H groups in total. The van der Waals surface area contributed by atoms with Crippen LogP contribution in [-0.4, -0.2) is 54.7 Å². The molecule has 3 atom stereocenters. The zero-order valence-corrected chi connectivity index (χ0v) is 16.6. The number of ether oxygens (including phenoxy) is 2. The second-order valence-electron chi connectivity index (χ2n) is 7.03. The van der Waals surface area contributed by atoms with Crippen LogP contribution in [0.25, 0.3) is 0 Å². The van der Waals surface area contributed by atoms with Crippen LogP contribution >= 0.6 is 0 Å². The third kappa shape index (κ3) is 6.63. The first-order valence-corrected chi connectivity index (χ1v) is 9.92. The van der Waals surface area contributed by atoms with E-state index in [-0.39, 0.29) is 17.9 Å². The van der Waals surface area contributed by atoms with Gasteiger partial charge in [0, 0.05) is 18.8 Å². The molecule has 27 heavy (non-hydrogen) atoms. The Morgan fingerprint density at radius 3 is 2.63 bits per heavy atom. The molecule has 1 fully saturated rings. The lowest BCUT2D eigenvalue weighted by Gasteiger charge is -2.31. The lowest BCUT2D eigenvalue weighted by Crippen LogP contribution is -2.50. The van der Waals surface area contributed by atoms with E-state index >= 15 is 0 Å². The van der Waals surface area contributed by atoms with Crippen LogP contribution in [0.2, 0.25) is 0 Å². The molecule has 0 aliphatic carbocycles. The topological polar surface area (TPSA) is 67.9 Å². The molecule has 1 aromatic carbocycles. The number of anilines is 1. The average Bonchev–Trinajstić information content (AvgIpc) is 2.70. The van der Waals surface area contributed by atoms with Crippen molar-refractivity contribution in [3.05, 3.63) is 30.3 Å². The molecule has 2 rings (SSSR count). The molecule has 1 aliphatic rings. The first-order valence-electron chi connectivity index (χ1n) is 9.92. The Kier molecular flexibility index (Phi) is 8.75. The molecule has 6 nitrogen and oxygen atoms in total. The highest BCUT2D eigenvalue weighted by molar-refractivity contribution is 5.97. The molecule has 0 spiro atoms. The van der Waals surface area contributed by atoms with Crippen LogP contribution in [0.1, 0.15) is 46.5 Å². The fraction of sp³-hybridized carbons (Fsp3) is 0.619. The van der Waals surface area contributed by atoms with E-state index in [0.717, 1.165) is 38.0 Å². The molecule has 0 bridgehead atoms. The summed E-state index contributed by atoms with van der Waals surface area (Å²) in [4.78, 5) is 27.1. The highest BCUT2D eigenvalue weighted by Crippen LogP contribution is 2.15. The zero-order valence-electron chi connectivity index (χ0n) is 16.6. The third-order valence-electron chi connectivity index (χ3n) is 4.79. The van der Waals surface area contributed by atoms with Gasteiger partial charge in [-0.3, -0.25) is 9.59 Å². The number of hydrogen-bond donors (Lipinski definition) is 1. The predicted octanol–water partition coefficient (Wildman–Crippen LogP) is 3.23. The molecule has 0 aromatic heterocycles. The number of para-hydroxylation sites is 1. The molecule has 3 unspecified atom stereocenters. The first kappa shape index (κ1) is 21.4. The first-order chi connectivity index (χ1) is 13.0. The van der Waals surface area contributed by atoms with Crippen molar-refractivity contribution in [3.63, 3.8) is 0 Å². The summed E-state index contributed by atoms with van der Waals surface area (Å²) in [5.74, 6) is -0.366. The summed E-state index contributed by atoms with van der Waals surface area (Å²) in [5.41, 5.74) is 0.719. The summed E-state index contributed by atoms with van der Waals surface area (Å²) in [6.07, 6.45) is 3.42. The van der Waals surface area contributed by atoms with E-state index in [2.05, 4.69) is 5.32 Å². The molecule has 1 heterocycles. The van der Waals surface area contributed by atoms with Crippen molar-refractivity contribution in [2.75, 3.05) is 25.1 Å². The van der Waals surface area contributed by atoms with Gasteiger partial charge in [0.15, 0.2) is 0 Å². The summed E-state index contributed by atoms with van der Waals surface area (Å²) in [6, 6.07) is 8.69. The Morgan fingerprint density at radius 1 is 1.26 bits per heavy atom. The minimum Gasteiger partial charge on any atom is -0.376 e. The van der Waals surface area contributed by atoms with Gasteiger partial charge in [-0.1, -0.05) is 25.1 Å². The van der Waals surface area contributed by atoms with Gasteiger partial charge in [-0.15, -0.1) is 0 Å². The van der Waals surface area contributed by atoms with E-state index in [4.69, 9.17) is 9.47 Å². The Hall–Kier alpha value is -1.92. The van der Waals surface area contributed by atoms with Crippen LogP contribution in [-0.2, 0) is 19.1 Å². The molecule has 2 amide bonds. The van der Waals surface area contributed by atoms with Gasteiger partial charge in [0.1, 0.15) is 12.1 Å². The van der Waals surface area contributed by atoms with E-state index in [1.807, 2.05) is 37.3 Å². The van der Waals surface area contributed by atoms with Crippen molar-refractivity contribution in [3.8, 4) is 0 Å². The van der Waals surface area contributed by atoms with Crippen molar-refractivity contribution in [2.24, 2.45) is 0 Å². The van der Waals surface area contributed by atoms with E-state index < -0.39 is 12.1 Å². The van der Waals surface area contributed by atoms with E-state index in [0.29, 0.717) is 13.2 Å². The number of hydrogen-bond acceptors (Lipinski definition) is 4.